The third kappa shape index (κ3) is 3.98. The second kappa shape index (κ2) is 8.53. The smallest absolute Gasteiger partial charge is 0.388 e. The van der Waals surface area contributed by atoms with Crippen molar-refractivity contribution >= 4 is 0 Å². The Bertz CT molecular complexity index is 1110. The number of rotatable bonds is 2. The van der Waals surface area contributed by atoms with Crippen molar-refractivity contribution in [1.29, 1.82) is 0 Å². The Morgan fingerprint density at radius 1 is 1.09 bits per heavy atom. The van der Waals surface area contributed by atoms with Gasteiger partial charge in [-0.05, 0) is 42.2 Å². The standard InChI is InChI=1S/C26H31F3N2O3.CH4/c1-13(2)20-18-19(17-15(32)11-24(3,4)23(33)21(17)31-20)25(9-5-6-10-25)34-22(18)14-7-8-16(30-12-14)26(27,28)29;/h7-8,12-13,15,22-23,32-33H,5-6,9-11H2,1-4H3;1H4/t15-,22+,23-;/m0./s1. The van der Waals surface area contributed by atoms with E-state index in [0.717, 1.165) is 48.6 Å². The van der Waals surface area contributed by atoms with Crippen molar-refractivity contribution in [2.75, 3.05) is 0 Å². The van der Waals surface area contributed by atoms with Crippen LogP contribution in [0.5, 0.6) is 0 Å². The minimum Gasteiger partial charge on any atom is -0.388 e. The van der Waals surface area contributed by atoms with Crippen molar-refractivity contribution in [3.05, 3.63) is 57.7 Å². The summed E-state index contributed by atoms with van der Waals surface area (Å²) in [7, 11) is 0. The molecule has 3 aliphatic rings. The molecule has 0 radical (unpaired) electrons. The highest BCUT2D eigenvalue weighted by Gasteiger charge is 2.54. The Balaban J connectivity index is 0.00000289. The zero-order valence-electron chi connectivity index (χ0n) is 19.9. The largest absolute Gasteiger partial charge is 0.433 e. The number of aliphatic hydroxyl groups excluding tert-OH is 2. The van der Waals surface area contributed by atoms with Crippen molar-refractivity contribution in [3.8, 4) is 0 Å². The molecule has 2 aromatic heterocycles. The summed E-state index contributed by atoms with van der Waals surface area (Å²) in [4.78, 5) is 8.58. The van der Waals surface area contributed by atoms with Crippen LogP contribution in [0.1, 0.15) is 131 Å². The van der Waals surface area contributed by atoms with Gasteiger partial charge in [-0.1, -0.05) is 54.0 Å². The van der Waals surface area contributed by atoms with Gasteiger partial charge in [-0.15, -0.1) is 0 Å². The van der Waals surface area contributed by atoms with Crippen LogP contribution in [0, 0.1) is 5.41 Å². The minimum atomic E-state index is -4.52. The molecule has 1 aliphatic heterocycles. The maximum atomic E-state index is 13.1. The summed E-state index contributed by atoms with van der Waals surface area (Å²) in [6.07, 6.45) is -1.74. The molecule has 192 valence electrons. The molecule has 1 fully saturated rings. The molecule has 0 amide bonds. The van der Waals surface area contributed by atoms with Crippen molar-refractivity contribution in [2.24, 2.45) is 5.41 Å². The molecule has 0 unspecified atom stereocenters. The zero-order valence-corrected chi connectivity index (χ0v) is 19.9. The molecule has 5 rings (SSSR count). The second-order valence-electron chi connectivity index (χ2n) is 11.0. The quantitative estimate of drug-likeness (QED) is 0.492. The molecule has 1 saturated carbocycles. The highest BCUT2D eigenvalue weighted by Crippen LogP contribution is 2.60. The van der Waals surface area contributed by atoms with Crippen molar-refractivity contribution in [1.82, 2.24) is 9.97 Å². The minimum absolute atomic E-state index is 0. The monoisotopic (exact) mass is 492 g/mol. The third-order valence-electron chi connectivity index (χ3n) is 7.78. The van der Waals surface area contributed by atoms with Crippen molar-refractivity contribution < 1.29 is 28.1 Å². The van der Waals surface area contributed by atoms with E-state index in [-0.39, 0.29) is 13.3 Å². The average molecular weight is 493 g/mol. The number of alkyl halides is 3. The van der Waals surface area contributed by atoms with Gasteiger partial charge in [0.1, 0.15) is 17.9 Å². The van der Waals surface area contributed by atoms with E-state index in [4.69, 9.17) is 9.72 Å². The Kier molecular flexibility index (Phi) is 6.34. The van der Waals surface area contributed by atoms with Gasteiger partial charge in [0.2, 0.25) is 0 Å². The average Bonchev–Trinajstić information content (AvgIpc) is 3.36. The maximum absolute atomic E-state index is 13.1. The fourth-order valence-electron chi connectivity index (χ4n) is 6.10. The fraction of sp³-hybridized carbons (Fsp3) is 0.630. The van der Waals surface area contributed by atoms with Crippen LogP contribution in [-0.2, 0) is 16.5 Å². The van der Waals surface area contributed by atoms with Gasteiger partial charge in [-0.2, -0.15) is 13.2 Å². The molecule has 0 aromatic carbocycles. The molecule has 35 heavy (non-hydrogen) atoms. The summed E-state index contributed by atoms with van der Waals surface area (Å²) in [6.45, 7) is 7.86. The second-order valence-corrected chi connectivity index (χ2v) is 11.0. The number of aromatic nitrogens is 2. The van der Waals surface area contributed by atoms with E-state index in [1.54, 1.807) is 0 Å². The van der Waals surface area contributed by atoms with E-state index in [9.17, 15) is 23.4 Å². The lowest BCUT2D eigenvalue weighted by molar-refractivity contribution is -0.141. The molecule has 0 bridgehead atoms. The molecule has 0 saturated heterocycles. The number of fused-ring (bicyclic) bond motifs is 4. The van der Waals surface area contributed by atoms with Crippen LogP contribution in [0.2, 0.25) is 0 Å². The van der Waals surface area contributed by atoms with Crippen LogP contribution >= 0.6 is 0 Å². The van der Waals surface area contributed by atoms with Gasteiger partial charge in [0, 0.05) is 28.6 Å². The van der Waals surface area contributed by atoms with Crippen LogP contribution in [0.4, 0.5) is 13.2 Å². The fourth-order valence-corrected chi connectivity index (χ4v) is 6.10. The van der Waals surface area contributed by atoms with E-state index in [0.29, 0.717) is 23.2 Å². The number of aliphatic hydroxyl groups is 2. The Labute approximate surface area is 204 Å². The molecule has 3 heterocycles. The van der Waals surface area contributed by atoms with E-state index in [1.165, 1.54) is 12.3 Å². The normalized spacial score (nSPS) is 26.5. The van der Waals surface area contributed by atoms with Crippen molar-refractivity contribution in [3.63, 3.8) is 0 Å². The van der Waals surface area contributed by atoms with Gasteiger partial charge in [0.15, 0.2) is 0 Å². The summed E-state index contributed by atoms with van der Waals surface area (Å²) >= 11 is 0. The number of pyridine rings is 2. The number of hydrogen-bond acceptors (Lipinski definition) is 5. The first-order chi connectivity index (χ1) is 15.9. The highest BCUT2D eigenvalue weighted by molar-refractivity contribution is 5.54. The van der Waals surface area contributed by atoms with E-state index >= 15 is 0 Å². The summed E-state index contributed by atoms with van der Waals surface area (Å²) in [5, 5.41) is 22.5. The highest BCUT2D eigenvalue weighted by atomic mass is 19.4. The molecule has 2 N–H and O–H groups in total. The lowest BCUT2D eigenvalue weighted by atomic mass is 9.69. The Morgan fingerprint density at radius 2 is 1.74 bits per heavy atom. The SMILES string of the molecule is C.CC(C)c1nc2c(c3c1[C@@H](c1ccc(C(F)(F)F)nc1)OC31CCCC1)[C@@H](O)CC(C)(C)[C@H]2O. The molecular weight excluding hydrogens is 457 g/mol. The molecule has 2 aromatic rings. The first-order valence-electron chi connectivity index (χ1n) is 12.0. The number of ether oxygens (including phenoxy) is 1. The van der Waals surface area contributed by atoms with Gasteiger partial charge in [-0.3, -0.25) is 9.97 Å². The predicted molar refractivity (Wildman–Crippen MR) is 126 cm³/mol. The number of hydrogen-bond donors (Lipinski definition) is 2. The van der Waals surface area contributed by atoms with Crippen LogP contribution in [0.25, 0.3) is 0 Å². The van der Waals surface area contributed by atoms with Crippen LogP contribution in [-0.4, -0.2) is 20.2 Å². The lowest BCUT2D eigenvalue weighted by Crippen LogP contribution is -2.35. The van der Waals surface area contributed by atoms with Gasteiger partial charge in [0.05, 0.1) is 17.4 Å². The van der Waals surface area contributed by atoms with E-state index in [1.807, 2.05) is 27.7 Å². The lowest BCUT2D eigenvalue weighted by Gasteiger charge is -2.41. The summed E-state index contributed by atoms with van der Waals surface area (Å²) < 4.78 is 46.1. The van der Waals surface area contributed by atoms with Crippen LogP contribution < -0.4 is 0 Å². The summed E-state index contributed by atoms with van der Waals surface area (Å²) in [6, 6.07) is 2.41. The Morgan fingerprint density at radius 3 is 2.29 bits per heavy atom. The number of halogens is 3. The predicted octanol–water partition coefficient (Wildman–Crippen LogP) is 6.64. The molecule has 3 atom stereocenters. The van der Waals surface area contributed by atoms with Crippen molar-refractivity contribution in [2.45, 2.75) is 103 Å². The first-order valence-corrected chi connectivity index (χ1v) is 12.0. The number of nitrogens with zero attached hydrogens (tertiary/aromatic N) is 2. The van der Waals surface area contributed by atoms with Gasteiger partial charge < -0.3 is 14.9 Å². The maximum Gasteiger partial charge on any atom is 0.433 e. The molecule has 8 heteroatoms. The third-order valence-corrected chi connectivity index (χ3v) is 7.78. The van der Waals surface area contributed by atoms with Gasteiger partial charge in [0.25, 0.3) is 0 Å². The zero-order chi connectivity index (χ0) is 24.6. The van der Waals surface area contributed by atoms with Gasteiger partial charge in [-0.25, -0.2) is 0 Å². The summed E-state index contributed by atoms with van der Waals surface area (Å²) in [5.41, 5.74) is 2.02. The molecule has 1 spiro atoms. The molecular formula is C27H35F3N2O3. The van der Waals surface area contributed by atoms with Gasteiger partial charge >= 0.3 is 6.18 Å². The molecule has 2 aliphatic carbocycles. The van der Waals surface area contributed by atoms with Crippen LogP contribution in [0.3, 0.4) is 0 Å². The summed E-state index contributed by atoms with van der Waals surface area (Å²) in [5.74, 6) is -0.0153. The van der Waals surface area contributed by atoms with E-state index in [2.05, 4.69) is 4.98 Å². The van der Waals surface area contributed by atoms with E-state index < -0.39 is 41.2 Å². The Hall–Kier alpha value is -2.03. The first kappa shape index (κ1) is 26.0. The topological polar surface area (TPSA) is 75.5 Å². The van der Waals surface area contributed by atoms with Crippen LogP contribution in [0.15, 0.2) is 18.3 Å². The molecule has 5 nitrogen and oxygen atoms in total.